The molecule has 0 bridgehead atoms. The highest BCUT2D eigenvalue weighted by Gasteiger charge is 2.55. The van der Waals surface area contributed by atoms with E-state index in [1.165, 1.54) is 5.56 Å². The minimum Gasteiger partial charge on any atom is -0.289 e. The van der Waals surface area contributed by atoms with Crippen LogP contribution in [0.5, 0.6) is 0 Å². The summed E-state index contributed by atoms with van der Waals surface area (Å²) in [5.41, 5.74) is 4.09. The zero-order chi connectivity index (χ0) is 17.9. The molecule has 0 N–H and O–H groups in total. The highest BCUT2D eigenvalue weighted by atomic mass is 31.1. The first kappa shape index (κ1) is 19.3. The lowest BCUT2D eigenvalue weighted by Gasteiger charge is -2.28. The molecule has 132 valence electrons. The molecule has 24 heavy (non-hydrogen) atoms. The topological polar surface area (TPSA) is 34.1 Å². The van der Waals surface area contributed by atoms with Crippen LogP contribution in [0.15, 0.2) is 12.1 Å². The van der Waals surface area contributed by atoms with E-state index in [9.17, 15) is 9.36 Å². The third kappa shape index (κ3) is 3.97. The molecule has 1 aliphatic rings. The quantitative estimate of drug-likeness (QED) is 0.442. The Bertz CT molecular complexity index is 602. The molecule has 2 nitrogen and oxygen atoms in total. The summed E-state index contributed by atoms with van der Waals surface area (Å²) in [6.45, 7) is 10.4. The van der Waals surface area contributed by atoms with Crippen LogP contribution in [-0.4, -0.2) is 17.1 Å². The normalized spacial score (nSPS) is 17.8. The lowest BCUT2D eigenvalue weighted by molar-refractivity contribution is 0.0911. The largest absolute Gasteiger partial charge is 0.353 e. The maximum Gasteiger partial charge on any atom is 0.353 e. The lowest BCUT2D eigenvalue weighted by atomic mass is 9.80. The van der Waals surface area contributed by atoms with Crippen LogP contribution in [0, 0.1) is 26.7 Å². The van der Waals surface area contributed by atoms with E-state index in [1.807, 2.05) is 13.8 Å². The van der Waals surface area contributed by atoms with E-state index in [2.05, 4.69) is 32.9 Å². The summed E-state index contributed by atoms with van der Waals surface area (Å²) in [6, 6.07) is 4.16. The summed E-state index contributed by atoms with van der Waals surface area (Å²) in [5, 5.41) is -0.618. The van der Waals surface area contributed by atoms with Crippen molar-refractivity contribution in [3.8, 4) is 0 Å². The van der Waals surface area contributed by atoms with E-state index >= 15 is 0 Å². The van der Waals surface area contributed by atoms with Gasteiger partial charge in [0.25, 0.3) is 0 Å². The summed E-state index contributed by atoms with van der Waals surface area (Å²) in [6.07, 6.45) is 6.43. The molecular weight excluding hydrogens is 315 g/mol. The van der Waals surface area contributed by atoms with Crippen LogP contribution in [0.3, 0.4) is 0 Å². The fraction of sp³-hybridized carbons (Fsp3) is 0.667. The molecule has 0 radical (unpaired) electrons. The predicted octanol–water partition coefficient (Wildman–Crippen LogP) is 6.37. The monoisotopic (exact) mass is 347 g/mol. The zero-order valence-electron chi connectivity index (χ0n) is 15.9. The Hall–Kier alpha value is -1.01. The number of rotatable bonds is 6. The standard InChI is InChI=1S/C21H32O2P/c1-15(2)9-12-24(23)21(10-7-6-8-11-21)20(22)19-17(4)13-16(3)14-18(19)5/h13-15H,6-12H2,1-5H3/q+1. The summed E-state index contributed by atoms with van der Waals surface area (Å²) in [5.74, 6) is 0.685. The number of Topliss-reactive ketones (excluding diaryl/α,β-unsaturated/α-hetero) is 1. The maximum atomic E-state index is 13.6. The number of carbonyl (C=O) groups excluding carboxylic acids is 1. The first-order valence-corrected chi connectivity index (χ1v) is 10.8. The Labute approximate surface area is 148 Å². The SMILES string of the molecule is Cc1cc(C)c(C(=O)C2([P+](=O)CCC(C)C)CCCCC2)c(C)c1. The second kappa shape index (κ2) is 7.91. The third-order valence-electron chi connectivity index (χ3n) is 5.39. The Kier molecular flexibility index (Phi) is 6.37. The molecule has 1 saturated carbocycles. The van der Waals surface area contributed by atoms with Crippen LogP contribution < -0.4 is 0 Å². The first-order valence-electron chi connectivity index (χ1n) is 9.35. The van der Waals surface area contributed by atoms with Crippen LogP contribution in [0.1, 0.15) is 79.4 Å². The predicted molar refractivity (Wildman–Crippen MR) is 103 cm³/mol. The van der Waals surface area contributed by atoms with Crippen molar-refractivity contribution in [3.63, 3.8) is 0 Å². The van der Waals surface area contributed by atoms with Gasteiger partial charge in [-0.25, -0.2) is 0 Å². The fourth-order valence-electron chi connectivity index (χ4n) is 4.09. The van der Waals surface area contributed by atoms with Gasteiger partial charge < -0.3 is 0 Å². The molecule has 0 amide bonds. The molecule has 0 saturated heterocycles. The summed E-state index contributed by atoms with van der Waals surface area (Å²) >= 11 is 0. The minimum atomic E-state index is -1.51. The number of aryl methyl sites for hydroxylation is 3. The number of ketones is 1. The van der Waals surface area contributed by atoms with E-state index in [-0.39, 0.29) is 5.78 Å². The molecule has 0 spiro atoms. The van der Waals surface area contributed by atoms with Gasteiger partial charge in [-0.3, -0.25) is 4.79 Å². The number of hydrogen-bond donors (Lipinski definition) is 0. The molecule has 0 heterocycles. The Morgan fingerprint density at radius 3 is 2.12 bits per heavy atom. The van der Waals surface area contributed by atoms with Crippen molar-refractivity contribution in [2.75, 3.05) is 6.16 Å². The third-order valence-corrected chi connectivity index (χ3v) is 7.66. The number of carbonyl (C=O) groups is 1. The summed E-state index contributed by atoms with van der Waals surface area (Å²) in [7, 11) is -1.51. The van der Waals surface area contributed by atoms with Gasteiger partial charge in [0.1, 0.15) is 6.16 Å². The molecule has 1 atom stereocenters. The van der Waals surface area contributed by atoms with Crippen molar-refractivity contribution in [2.45, 2.75) is 78.3 Å². The van der Waals surface area contributed by atoms with Crippen LogP contribution in [0.2, 0.25) is 0 Å². The van der Waals surface area contributed by atoms with Crippen LogP contribution in [-0.2, 0) is 4.57 Å². The van der Waals surface area contributed by atoms with Gasteiger partial charge in [-0.15, -0.1) is 0 Å². The van der Waals surface area contributed by atoms with Crippen molar-refractivity contribution < 1.29 is 9.36 Å². The maximum absolute atomic E-state index is 13.6. The van der Waals surface area contributed by atoms with Gasteiger partial charge in [0, 0.05) is 18.4 Å². The average Bonchev–Trinajstić information content (AvgIpc) is 2.52. The Balaban J connectivity index is 2.41. The molecule has 0 aliphatic heterocycles. The Morgan fingerprint density at radius 2 is 1.62 bits per heavy atom. The number of benzene rings is 1. The van der Waals surface area contributed by atoms with E-state index in [0.717, 1.165) is 55.2 Å². The first-order chi connectivity index (χ1) is 11.3. The van der Waals surface area contributed by atoms with Crippen LogP contribution in [0.25, 0.3) is 0 Å². The van der Waals surface area contributed by atoms with E-state index in [0.29, 0.717) is 12.1 Å². The molecule has 1 aliphatic carbocycles. The van der Waals surface area contributed by atoms with Gasteiger partial charge in [-0.2, -0.15) is 0 Å². The molecule has 1 aromatic carbocycles. The second-order valence-corrected chi connectivity index (χ2v) is 10.0. The van der Waals surface area contributed by atoms with Crippen molar-refractivity contribution >= 4 is 13.6 Å². The highest BCUT2D eigenvalue weighted by molar-refractivity contribution is 7.48. The van der Waals surface area contributed by atoms with Crippen molar-refractivity contribution in [3.05, 3.63) is 34.4 Å². The smallest absolute Gasteiger partial charge is 0.289 e. The molecule has 1 unspecified atom stereocenters. The molecule has 1 fully saturated rings. The van der Waals surface area contributed by atoms with Gasteiger partial charge in [0.05, 0.1) is 0 Å². The number of hydrogen-bond acceptors (Lipinski definition) is 2. The highest BCUT2D eigenvalue weighted by Crippen LogP contribution is 2.52. The molecule has 1 aromatic rings. The lowest BCUT2D eigenvalue weighted by Crippen LogP contribution is -2.38. The van der Waals surface area contributed by atoms with Crippen molar-refractivity contribution in [2.24, 2.45) is 5.92 Å². The molecule has 3 heteroatoms. The fourth-order valence-corrected chi connectivity index (χ4v) is 6.42. The second-order valence-electron chi connectivity index (χ2n) is 7.98. The van der Waals surface area contributed by atoms with Crippen LogP contribution in [0.4, 0.5) is 0 Å². The molecule has 2 rings (SSSR count). The van der Waals surface area contributed by atoms with Gasteiger partial charge in [0.15, 0.2) is 0 Å². The van der Waals surface area contributed by atoms with E-state index < -0.39 is 13.0 Å². The van der Waals surface area contributed by atoms with E-state index in [1.54, 1.807) is 0 Å². The van der Waals surface area contributed by atoms with E-state index in [4.69, 9.17) is 0 Å². The van der Waals surface area contributed by atoms with Crippen LogP contribution >= 0.6 is 7.80 Å². The van der Waals surface area contributed by atoms with Gasteiger partial charge in [-0.05, 0) is 57.1 Å². The molecular formula is C21H32O2P+. The van der Waals surface area contributed by atoms with Gasteiger partial charge >= 0.3 is 7.80 Å². The Morgan fingerprint density at radius 1 is 1.08 bits per heavy atom. The average molecular weight is 347 g/mol. The summed E-state index contributed by atoms with van der Waals surface area (Å²) < 4.78 is 13.3. The summed E-state index contributed by atoms with van der Waals surface area (Å²) in [4.78, 5) is 13.6. The van der Waals surface area contributed by atoms with Gasteiger partial charge in [-0.1, -0.05) is 42.5 Å². The van der Waals surface area contributed by atoms with Gasteiger partial charge in [0.2, 0.25) is 10.9 Å². The minimum absolute atomic E-state index is 0.155. The van der Waals surface area contributed by atoms with Crippen molar-refractivity contribution in [1.29, 1.82) is 0 Å². The molecule has 0 aromatic heterocycles. The zero-order valence-corrected chi connectivity index (χ0v) is 16.8. The van der Waals surface area contributed by atoms with Crippen molar-refractivity contribution in [1.82, 2.24) is 0 Å².